The largest absolute Gasteiger partial charge is 0.492 e. The van der Waals surface area contributed by atoms with Crippen LogP contribution in [0, 0.1) is 5.92 Å². The Hall–Kier alpha value is -2.63. The molecule has 1 aliphatic heterocycles. The van der Waals surface area contributed by atoms with Crippen LogP contribution in [0.25, 0.3) is 0 Å². The lowest BCUT2D eigenvalue weighted by molar-refractivity contribution is -0.127. The highest BCUT2D eigenvalue weighted by molar-refractivity contribution is 5.80. The van der Waals surface area contributed by atoms with Gasteiger partial charge in [-0.3, -0.25) is 9.59 Å². The van der Waals surface area contributed by atoms with E-state index < -0.39 is 0 Å². The quantitative estimate of drug-likeness (QED) is 0.867. The van der Waals surface area contributed by atoms with Crippen molar-refractivity contribution >= 4 is 5.91 Å². The first-order chi connectivity index (χ1) is 14.2. The summed E-state index contributed by atoms with van der Waals surface area (Å²) >= 11 is 0. The van der Waals surface area contributed by atoms with E-state index in [1.807, 2.05) is 30.3 Å². The van der Waals surface area contributed by atoms with E-state index in [4.69, 9.17) is 4.74 Å². The first-order valence-corrected chi connectivity index (χ1v) is 10.8. The zero-order valence-corrected chi connectivity index (χ0v) is 16.5. The first kappa shape index (κ1) is 18.4. The fraction of sp³-hybridized carbons (Fsp3) is 0.522. The SMILES string of the molecule is O=C(NC1CCC(n2nc(C3CC3)ccc2=O)CC1)C1COc2ccccc2C1. The molecule has 5 rings (SSSR count). The Morgan fingerprint density at radius 3 is 2.62 bits per heavy atom. The number of para-hydroxylation sites is 1. The predicted molar refractivity (Wildman–Crippen MR) is 109 cm³/mol. The molecule has 6 heteroatoms. The molecule has 1 aromatic heterocycles. The highest BCUT2D eigenvalue weighted by atomic mass is 16.5. The monoisotopic (exact) mass is 393 g/mol. The van der Waals surface area contributed by atoms with Gasteiger partial charge in [-0.25, -0.2) is 4.68 Å². The third kappa shape index (κ3) is 3.93. The molecular formula is C23H27N3O3. The highest BCUT2D eigenvalue weighted by Crippen LogP contribution is 2.38. The molecule has 0 radical (unpaired) electrons. The molecule has 1 N–H and O–H groups in total. The molecule has 2 fully saturated rings. The minimum atomic E-state index is -0.137. The topological polar surface area (TPSA) is 73.2 Å². The number of rotatable bonds is 4. The van der Waals surface area contributed by atoms with Crippen LogP contribution in [0.4, 0.5) is 0 Å². The van der Waals surface area contributed by atoms with Crippen LogP contribution >= 0.6 is 0 Å². The predicted octanol–water partition coefficient (Wildman–Crippen LogP) is 2.97. The Morgan fingerprint density at radius 1 is 1.03 bits per heavy atom. The number of hydrogen-bond donors (Lipinski definition) is 1. The number of ether oxygens (including phenoxy) is 1. The van der Waals surface area contributed by atoms with Gasteiger partial charge in [0.05, 0.1) is 17.7 Å². The van der Waals surface area contributed by atoms with Gasteiger partial charge in [-0.15, -0.1) is 0 Å². The normalized spacial score (nSPS) is 26.3. The standard InChI is InChI=1S/C23H27N3O3/c27-22-12-11-20(15-5-6-15)25-26(22)19-9-7-18(8-10-19)24-23(28)17-13-16-3-1-2-4-21(16)29-14-17/h1-4,11-12,15,17-19H,5-10,13-14H2,(H,24,28). The molecule has 152 valence electrons. The number of aromatic nitrogens is 2. The minimum absolute atomic E-state index is 0.0140. The summed E-state index contributed by atoms with van der Waals surface area (Å²) in [7, 11) is 0. The van der Waals surface area contributed by atoms with E-state index >= 15 is 0 Å². The van der Waals surface area contributed by atoms with Crippen molar-refractivity contribution in [2.45, 2.75) is 62.9 Å². The number of carbonyl (C=O) groups excluding carboxylic acids is 1. The van der Waals surface area contributed by atoms with E-state index in [1.165, 1.54) is 12.8 Å². The summed E-state index contributed by atoms with van der Waals surface area (Å²) in [5.41, 5.74) is 2.14. The molecule has 1 unspecified atom stereocenters. The van der Waals surface area contributed by atoms with E-state index in [0.29, 0.717) is 12.5 Å². The summed E-state index contributed by atoms with van der Waals surface area (Å²) in [5.74, 6) is 1.37. The van der Waals surface area contributed by atoms with Crippen LogP contribution < -0.4 is 15.6 Å². The fourth-order valence-corrected chi connectivity index (χ4v) is 4.58. The van der Waals surface area contributed by atoms with Gasteiger partial charge in [0.2, 0.25) is 5.91 Å². The van der Waals surface area contributed by atoms with Crippen LogP contribution in [0.15, 0.2) is 41.2 Å². The average Bonchev–Trinajstić information content (AvgIpc) is 3.60. The van der Waals surface area contributed by atoms with Crippen LogP contribution in [0.5, 0.6) is 5.75 Å². The van der Waals surface area contributed by atoms with Crippen LogP contribution in [0.2, 0.25) is 0 Å². The van der Waals surface area contributed by atoms with Crippen molar-refractivity contribution in [3.63, 3.8) is 0 Å². The molecule has 0 saturated heterocycles. The number of carbonyl (C=O) groups is 1. The first-order valence-electron chi connectivity index (χ1n) is 10.8. The molecule has 2 heterocycles. The maximum atomic E-state index is 12.7. The summed E-state index contributed by atoms with van der Waals surface area (Å²) in [6, 6.07) is 11.8. The van der Waals surface area contributed by atoms with Gasteiger partial charge in [-0.05, 0) is 62.6 Å². The van der Waals surface area contributed by atoms with Crippen molar-refractivity contribution in [3.05, 3.63) is 58.0 Å². The third-order valence-corrected chi connectivity index (χ3v) is 6.48. The van der Waals surface area contributed by atoms with E-state index in [9.17, 15) is 9.59 Å². The number of hydrogen-bond acceptors (Lipinski definition) is 4. The van der Waals surface area contributed by atoms with Gasteiger partial charge in [0.25, 0.3) is 5.56 Å². The van der Waals surface area contributed by atoms with Gasteiger partial charge < -0.3 is 10.1 Å². The Morgan fingerprint density at radius 2 is 1.83 bits per heavy atom. The average molecular weight is 393 g/mol. The maximum Gasteiger partial charge on any atom is 0.267 e. The maximum absolute atomic E-state index is 12.7. The fourth-order valence-electron chi connectivity index (χ4n) is 4.58. The Kier molecular flexibility index (Phi) is 4.86. The van der Waals surface area contributed by atoms with Gasteiger partial charge in [-0.2, -0.15) is 5.10 Å². The summed E-state index contributed by atoms with van der Waals surface area (Å²) in [4.78, 5) is 25.0. The lowest BCUT2D eigenvalue weighted by atomic mass is 9.90. The lowest BCUT2D eigenvalue weighted by Gasteiger charge is -2.31. The molecular weight excluding hydrogens is 366 g/mol. The number of nitrogens with one attached hydrogen (secondary N) is 1. The Balaban J connectivity index is 1.17. The Bertz CT molecular complexity index is 958. The summed E-state index contributed by atoms with van der Waals surface area (Å²) in [5, 5.41) is 7.86. The molecule has 0 bridgehead atoms. The number of amides is 1. The molecule has 6 nitrogen and oxygen atoms in total. The minimum Gasteiger partial charge on any atom is -0.492 e. The molecule has 0 spiro atoms. The van der Waals surface area contributed by atoms with Gasteiger partial charge in [-0.1, -0.05) is 18.2 Å². The molecule has 2 aromatic rings. The van der Waals surface area contributed by atoms with Crippen molar-refractivity contribution < 1.29 is 9.53 Å². The highest BCUT2D eigenvalue weighted by Gasteiger charge is 2.31. The summed E-state index contributed by atoms with van der Waals surface area (Å²) < 4.78 is 7.45. The molecule has 1 atom stereocenters. The number of nitrogens with zero attached hydrogens (tertiary/aromatic N) is 2. The van der Waals surface area contributed by atoms with Gasteiger partial charge in [0, 0.05) is 18.0 Å². The van der Waals surface area contributed by atoms with Crippen molar-refractivity contribution in [1.82, 2.24) is 15.1 Å². The van der Waals surface area contributed by atoms with Crippen LogP contribution in [-0.2, 0) is 11.2 Å². The van der Waals surface area contributed by atoms with E-state index in [-0.39, 0.29) is 29.5 Å². The molecule has 29 heavy (non-hydrogen) atoms. The van der Waals surface area contributed by atoms with E-state index in [2.05, 4.69) is 10.4 Å². The van der Waals surface area contributed by atoms with E-state index in [0.717, 1.165) is 49.1 Å². The van der Waals surface area contributed by atoms with E-state index in [1.54, 1.807) is 10.7 Å². The lowest BCUT2D eigenvalue weighted by Crippen LogP contribution is -2.44. The van der Waals surface area contributed by atoms with Gasteiger partial charge >= 0.3 is 0 Å². The van der Waals surface area contributed by atoms with Crippen molar-refractivity contribution in [2.24, 2.45) is 5.92 Å². The van der Waals surface area contributed by atoms with Crippen molar-refractivity contribution in [2.75, 3.05) is 6.61 Å². The summed E-state index contributed by atoms with van der Waals surface area (Å²) in [6.07, 6.45) is 6.58. The zero-order chi connectivity index (χ0) is 19.8. The smallest absolute Gasteiger partial charge is 0.267 e. The summed E-state index contributed by atoms with van der Waals surface area (Å²) in [6.45, 7) is 0.436. The number of benzene rings is 1. The van der Waals surface area contributed by atoms with Gasteiger partial charge in [0.1, 0.15) is 12.4 Å². The third-order valence-electron chi connectivity index (χ3n) is 6.48. The molecule has 3 aliphatic rings. The number of fused-ring (bicyclic) bond motifs is 1. The molecule has 1 aromatic carbocycles. The zero-order valence-electron chi connectivity index (χ0n) is 16.5. The van der Waals surface area contributed by atoms with Crippen molar-refractivity contribution in [3.8, 4) is 5.75 Å². The second kappa shape index (κ2) is 7.65. The molecule has 1 amide bonds. The van der Waals surface area contributed by atoms with Crippen LogP contribution in [0.1, 0.15) is 61.7 Å². The Labute approximate surface area is 170 Å². The second-order valence-electron chi connectivity index (χ2n) is 8.65. The van der Waals surface area contributed by atoms with Crippen LogP contribution in [0.3, 0.4) is 0 Å². The van der Waals surface area contributed by atoms with Crippen molar-refractivity contribution in [1.29, 1.82) is 0 Å². The molecule has 2 saturated carbocycles. The van der Waals surface area contributed by atoms with Crippen LogP contribution in [-0.4, -0.2) is 28.3 Å². The second-order valence-corrected chi connectivity index (χ2v) is 8.65. The van der Waals surface area contributed by atoms with Gasteiger partial charge in [0.15, 0.2) is 0 Å². The molecule has 2 aliphatic carbocycles.